The van der Waals surface area contributed by atoms with Crippen LogP contribution in [0.2, 0.25) is 0 Å². The van der Waals surface area contributed by atoms with E-state index in [4.69, 9.17) is 14.2 Å². The van der Waals surface area contributed by atoms with Crippen LogP contribution in [-0.2, 0) is 14.8 Å². The van der Waals surface area contributed by atoms with E-state index >= 15 is 0 Å². The SMILES string of the molecule is CCCNC(=O)CN1C[C@@H](c2ccc3c(c2)OCO3)C[C@@H]1c1ccc(OC)cc1NS(C)(=O)=O. The van der Waals surface area contributed by atoms with Gasteiger partial charge in [0.05, 0.1) is 25.6 Å². The Hall–Kier alpha value is -2.98. The van der Waals surface area contributed by atoms with Gasteiger partial charge in [-0.15, -0.1) is 0 Å². The van der Waals surface area contributed by atoms with Crippen LogP contribution < -0.4 is 24.2 Å². The van der Waals surface area contributed by atoms with Crippen molar-refractivity contribution >= 4 is 21.6 Å². The smallest absolute Gasteiger partial charge is 0.234 e. The quantitative estimate of drug-likeness (QED) is 0.558. The van der Waals surface area contributed by atoms with E-state index < -0.39 is 10.0 Å². The maximum atomic E-state index is 12.6. The molecule has 1 amide bonds. The van der Waals surface area contributed by atoms with Gasteiger partial charge < -0.3 is 19.5 Å². The van der Waals surface area contributed by atoms with Crippen LogP contribution in [0.25, 0.3) is 0 Å². The van der Waals surface area contributed by atoms with Gasteiger partial charge in [0.1, 0.15) is 5.75 Å². The summed E-state index contributed by atoms with van der Waals surface area (Å²) < 4.78 is 43.1. The van der Waals surface area contributed by atoms with Gasteiger partial charge in [-0.2, -0.15) is 0 Å². The number of carbonyl (C=O) groups is 1. The van der Waals surface area contributed by atoms with Crippen molar-refractivity contribution in [3.63, 3.8) is 0 Å². The van der Waals surface area contributed by atoms with E-state index in [2.05, 4.69) is 14.9 Å². The molecule has 2 aromatic rings. The Morgan fingerprint density at radius 3 is 2.71 bits per heavy atom. The number of methoxy groups -OCH3 is 1. The molecule has 0 unspecified atom stereocenters. The molecule has 2 aliphatic heterocycles. The molecular weight excluding hydrogens is 458 g/mol. The third-order valence-corrected chi connectivity index (χ3v) is 6.70. The van der Waals surface area contributed by atoms with Crippen molar-refractivity contribution in [2.75, 3.05) is 44.5 Å². The second kappa shape index (κ2) is 10.1. The summed E-state index contributed by atoms with van der Waals surface area (Å²) in [7, 11) is -1.98. The first-order valence-electron chi connectivity index (χ1n) is 11.3. The Kier molecular flexibility index (Phi) is 7.18. The standard InChI is InChI=1S/C24H31N3O6S/c1-4-9-25-24(28)14-27-13-17(16-5-8-22-23(11-16)33-15-32-22)10-21(27)19-7-6-18(31-2)12-20(19)26-34(3,29)30/h5-8,11-12,17,21,26H,4,9-10,13-15H2,1-3H3,(H,25,28)/t17-,21+/m0/s1. The fraction of sp³-hybridized carbons (Fsp3) is 0.458. The highest BCUT2D eigenvalue weighted by Gasteiger charge is 2.37. The molecule has 9 nitrogen and oxygen atoms in total. The minimum absolute atomic E-state index is 0.0516. The zero-order chi connectivity index (χ0) is 24.3. The van der Waals surface area contributed by atoms with Crippen molar-refractivity contribution in [1.29, 1.82) is 0 Å². The predicted molar refractivity (Wildman–Crippen MR) is 129 cm³/mol. The number of anilines is 1. The van der Waals surface area contributed by atoms with Crippen molar-refractivity contribution in [2.24, 2.45) is 0 Å². The molecule has 0 aliphatic carbocycles. The minimum Gasteiger partial charge on any atom is -0.497 e. The van der Waals surface area contributed by atoms with E-state index in [9.17, 15) is 13.2 Å². The minimum atomic E-state index is -3.51. The number of amides is 1. The van der Waals surface area contributed by atoms with Crippen LogP contribution in [0.1, 0.15) is 42.9 Å². The van der Waals surface area contributed by atoms with Gasteiger partial charge in [-0.25, -0.2) is 8.42 Å². The van der Waals surface area contributed by atoms with Crippen LogP contribution in [0.3, 0.4) is 0 Å². The molecular formula is C24H31N3O6S. The highest BCUT2D eigenvalue weighted by atomic mass is 32.2. The summed E-state index contributed by atoms with van der Waals surface area (Å²) in [5.41, 5.74) is 2.35. The Labute approximate surface area is 200 Å². The van der Waals surface area contributed by atoms with E-state index in [1.807, 2.05) is 37.3 Å². The number of sulfonamides is 1. The van der Waals surface area contributed by atoms with Gasteiger partial charge in [-0.05, 0) is 48.1 Å². The summed E-state index contributed by atoms with van der Waals surface area (Å²) in [4.78, 5) is 14.7. The van der Waals surface area contributed by atoms with E-state index in [1.54, 1.807) is 6.07 Å². The van der Waals surface area contributed by atoms with Crippen LogP contribution in [0.5, 0.6) is 17.2 Å². The maximum absolute atomic E-state index is 12.6. The number of rotatable bonds is 9. The summed E-state index contributed by atoms with van der Waals surface area (Å²) in [6, 6.07) is 11.1. The first-order valence-corrected chi connectivity index (χ1v) is 13.2. The molecule has 0 aromatic heterocycles. The summed E-state index contributed by atoms with van der Waals surface area (Å²) in [5, 5.41) is 2.94. The normalized spacial score (nSPS) is 19.7. The number of benzene rings is 2. The maximum Gasteiger partial charge on any atom is 0.234 e. The summed E-state index contributed by atoms with van der Waals surface area (Å²) in [6.45, 7) is 3.70. The fourth-order valence-electron chi connectivity index (χ4n) is 4.56. The van der Waals surface area contributed by atoms with Crippen molar-refractivity contribution in [1.82, 2.24) is 10.2 Å². The van der Waals surface area contributed by atoms with Crippen molar-refractivity contribution < 1.29 is 27.4 Å². The average molecular weight is 490 g/mol. The molecule has 0 saturated carbocycles. The Balaban J connectivity index is 1.67. The average Bonchev–Trinajstić information content (AvgIpc) is 3.43. The zero-order valence-corrected chi connectivity index (χ0v) is 20.5. The predicted octanol–water partition coefficient (Wildman–Crippen LogP) is 2.85. The second-order valence-electron chi connectivity index (χ2n) is 8.67. The molecule has 2 atom stereocenters. The number of nitrogens with zero attached hydrogens (tertiary/aromatic N) is 1. The Bertz CT molecular complexity index is 1150. The summed E-state index contributed by atoms with van der Waals surface area (Å²) >= 11 is 0. The van der Waals surface area contributed by atoms with Gasteiger partial charge in [0.2, 0.25) is 22.7 Å². The molecule has 1 fully saturated rings. The summed E-state index contributed by atoms with van der Waals surface area (Å²) in [6.07, 6.45) is 2.69. The highest BCUT2D eigenvalue weighted by Crippen LogP contribution is 2.45. The lowest BCUT2D eigenvalue weighted by Crippen LogP contribution is -2.37. The van der Waals surface area contributed by atoms with Gasteiger partial charge in [0.25, 0.3) is 0 Å². The van der Waals surface area contributed by atoms with Crippen LogP contribution in [0.15, 0.2) is 36.4 Å². The number of ether oxygens (including phenoxy) is 3. The molecule has 0 spiro atoms. The first kappa shape index (κ1) is 24.2. The highest BCUT2D eigenvalue weighted by molar-refractivity contribution is 7.92. The van der Waals surface area contributed by atoms with Gasteiger partial charge in [-0.3, -0.25) is 14.4 Å². The molecule has 10 heteroatoms. The van der Waals surface area contributed by atoms with Crippen LogP contribution >= 0.6 is 0 Å². The van der Waals surface area contributed by atoms with Crippen LogP contribution in [0, 0.1) is 0 Å². The molecule has 4 rings (SSSR count). The lowest BCUT2D eigenvalue weighted by molar-refractivity contribution is -0.122. The first-order chi connectivity index (χ1) is 16.3. The molecule has 0 radical (unpaired) electrons. The van der Waals surface area contributed by atoms with Crippen LogP contribution in [0.4, 0.5) is 5.69 Å². The molecule has 2 aromatic carbocycles. The van der Waals surface area contributed by atoms with Crippen LogP contribution in [-0.4, -0.2) is 59.0 Å². The Morgan fingerprint density at radius 1 is 1.18 bits per heavy atom. The number of hydrogen-bond donors (Lipinski definition) is 2. The van der Waals surface area contributed by atoms with E-state index in [0.29, 0.717) is 30.9 Å². The third-order valence-electron chi connectivity index (χ3n) is 6.11. The number of carbonyl (C=O) groups excluding carboxylic acids is 1. The number of nitrogens with one attached hydrogen (secondary N) is 2. The molecule has 2 N–H and O–H groups in total. The lowest BCUT2D eigenvalue weighted by atomic mass is 9.93. The molecule has 1 saturated heterocycles. The zero-order valence-electron chi connectivity index (χ0n) is 19.7. The summed E-state index contributed by atoms with van der Waals surface area (Å²) in [5.74, 6) is 2.07. The van der Waals surface area contributed by atoms with E-state index in [1.165, 1.54) is 7.11 Å². The van der Waals surface area contributed by atoms with Gasteiger partial charge in [-0.1, -0.05) is 19.1 Å². The molecule has 184 valence electrons. The topological polar surface area (TPSA) is 106 Å². The molecule has 34 heavy (non-hydrogen) atoms. The van der Waals surface area contributed by atoms with Crippen molar-refractivity contribution in [3.8, 4) is 17.2 Å². The largest absolute Gasteiger partial charge is 0.497 e. The lowest BCUT2D eigenvalue weighted by Gasteiger charge is -2.26. The van der Waals surface area contributed by atoms with E-state index in [-0.39, 0.29) is 31.2 Å². The number of hydrogen-bond acceptors (Lipinski definition) is 7. The van der Waals surface area contributed by atoms with Gasteiger partial charge in [0.15, 0.2) is 11.5 Å². The number of fused-ring (bicyclic) bond motifs is 1. The van der Waals surface area contributed by atoms with Gasteiger partial charge in [0, 0.05) is 25.2 Å². The Morgan fingerprint density at radius 2 is 1.97 bits per heavy atom. The third kappa shape index (κ3) is 5.56. The van der Waals surface area contributed by atoms with Gasteiger partial charge >= 0.3 is 0 Å². The number of likely N-dealkylation sites (tertiary alicyclic amines) is 1. The van der Waals surface area contributed by atoms with Crippen molar-refractivity contribution in [3.05, 3.63) is 47.5 Å². The second-order valence-corrected chi connectivity index (χ2v) is 10.4. The molecule has 2 aliphatic rings. The molecule has 2 heterocycles. The molecule has 0 bridgehead atoms. The monoisotopic (exact) mass is 489 g/mol. The van der Waals surface area contributed by atoms with E-state index in [0.717, 1.165) is 35.3 Å². The van der Waals surface area contributed by atoms with Crippen molar-refractivity contribution in [2.45, 2.75) is 31.7 Å². The fourth-order valence-corrected chi connectivity index (χ4v) is 5.13.